The third-order valence-corrected chi connectivity index (χ3v) is 3.51. The average Bonchev–Trinajstić information content (AvgIpc) is 2.97. The fraction of sp³-hybridized carbons (Fsp3) is 0.462. The van der Waals surface area contributed by atoms with E-state index >= 15 is 0 Å². The van der Waals surface area contributed by atoms with Gasteiger partial charge in [0.2, 0.25) is 0 Å². The van der Waals surface area contributed by atoms with Gasteiger partial charge in [0.05, 0.1) is 11.3 Å². The molecule has 2 rings (SSSR count). The molecule has 1 aromatic heterocycles. The van der Waals surface area contributed by atoms with E-state index in [1.165, 1.54) is 4.57 Å². The van der Waals surface area contributed by atoms with Crippen molar-refractivity contribution in [3.05, 3.63) is 23.0 Å². The molecule has 0 radical (unpaired) electrons. The lowest BCUT2D eigenvalue weighted by Crippen LogP contribution is -2.46. The highest BCUT2D eigenvalue weighted by molar-refractivity contribution is 6.42. The predicted molar refractivity (Wildman–Crippen MR) is 67.7 cm³/mol. The number of hydrogen-bond acceptors (Lipinski definition) is 3. The highest BCUT2D eigenvalue weighted by Gasteiger charge is 2.39. The van der Waals surface area contributed by atoms with Crippen LogP contribution in [0.2, 0.25) is 0 Å². The summed E-state index contributed by atoms with van der Waals surface area (Å²) in [5.74, 6) is -3.82. The van der Waals surface area contributed by atoms with Gasteiger partial charge in [-0.3, -0.25) is 9.59 Å². The summed E-state index contributed by atoms with van der Waals surface area (Å²) in [5, 5.41) is 10.6. The number of Topliss-reactive ketones (excluding diaryl/α,β-unsaturated/α-hetero) is 1. The Morgan fingerprint density at radius 3 is 2.55 bits per heavy atom. The van der Waals surface area contributed by atoms with Crippen LogP contribution in [0.3, 0.4) is 0 Å². The molecule has 1 aliphatic rings. The monoisotopic (exact) mass is 318 g/mol. The normalized spacial score (nSPS) is 15.3. The first-order valence-corrected chi connectivity index (χ1v) is 6.50. The molecule has 0 saturated heterocycles. The molecule has 0 bridgehead atoms. The van der Waals surface area contributed by atoms with Crippen molar-refractivity contribution >= 4 is 17.7 Å². The van der Waals surface area contributed by atoms with E-state index in [0.717, 1.165) is 13.0 Å². The van der Waals surface area contributed by atoms with Gasteiger partial charge in [-0.2, -0.15) is 13.2 Å². The van der Waals surface area contributed by atoms with Crippen LogP contribution in [0.1, 0.15) is 39.9 Å². The summed E-state index contributed by atoms with van der Waals surface area (Å²) in [4.78, 5) is 34.8. The first kappa shape index (κ1) is 16.1. The number of carbonyl (C=O) groups is 3. The molecule has 120 valence electrons. The lowest BCUT2D eigenvalue weighted by atomic mass is 10.1. The molecule has 0 saturated carbocycles. The molecule has 1 atom stereocenters. The van der Waals surface area contributed by atoms with E-state index in [2.05, 4.69) is 0 Å². The Hall–Kier alpha value is -2.32. The van der Waals surface area contributed by atoms with Crippen LogP contribution in [0.4, 0.5) is 13.2 Å². The number of aromatic nitrogens is 1. The molecule has 0 fully saturated rings. The van der Waals surface area contributed by atoms with Crippen LogP contribution in [0.5, 0.6) is 0 Å². The topological polar surface area (TPSA) is 88.4 Å². The number of alkyl halides is 3. The molecule has 0 aromatic carbocycles. The number of nitrogens with zero attached hydrogens (tertiary/aromatic N) is 1. The largest absolute Gasteiger partial charge is 0.478 e. The predicted octanol–water partition coefficient (Wildman–Crippen LogP) is 1.38. The summed E-state index contributed by atoms with van der Waals surface area (Å²) < 4.78 is 38.6. The SMILES string of the molecule is CC(NC(=O)C(=O)c1cc(C(=O)O)c2n1CCC2)C(F)(F)F. The molecular formula is C13H13F3N2O4. The number of amides is 1. The molecule has 2 N–H and O–H groups in total. The Morgan fingerprint density at radius 2 is 2.00 bits per heavy atom. The van der Waals surface area contributed by atoms with Gasteiger partial charge in [-0.05, 0) is 25.8 Å². The number of rotatable bonds is 4. The second-order valence-corrected chi connectivity index (χ2v) is 5.02. The summed E-state index contributed by atoms with van der Waals surface area (Å²) in [6.07, 6.45) is -3.62. The van der Waals surface area contributed by atoms with Gasteiger partial charge >= 0.3 is 12.1 Å². The second-order valence-electron chi connectivity index (χ2n) is 5.02. The Labute approximate surface area is 122 Å². The van der Waals surface area contributed by atoms with Crippen LogP contribution >= 0.6 is 0 Å². The maximum absolute atomic E-state index is 12.4. The van der Waals surface area contributed by atoms with Gasteiger partial charge in [0.25, 0.3) is 11.7 Å². The van der Waals surface area contributed by atoms with Gasteiger partial charge < -0.3 is 15.0 Å². The van der Waals surface area contributed by atoms with Crippen LogP contribution in [0.25, 0.3) is 0 Å². The van der Waals surface area contributed by atoms with E-state index in [1.54, 1.807) is 5.32 Å². The van der Waals surface area contributed by atoms with E-state index in [9.17, 15) is 27.6 Å². The van der Waals surface area contributed by atoms with Crippen molar-refractivity contribution in [2.24, 2.45) is 0 Å². The molecule has 1 aliphatic heterocycles. The van der Waals surface area contributed by atoms with Gasteiger partial charge in [-0.25, -0.2) is 4.79 Å². The number of aromatic carboxylic acids is 1. The highest BCUT2D eigenvalue weighted by Crippen LogP contribution is 2.25. The van der Waals surface area contributed by atoms with E-state index < -0.39 is 29.9 Å². The summed E-state index contributed by atoms with van der Waals surface area (Å²) in [6, 6.07) is -1.13. The zero-order chi connectivity index (χ0) is 16.7. The fourth-order valence-corrected chi connectivity index (χ4v) is 2.35. The number of fused-ring (bicyclic) bond motifs is 1. The number of carboxylic acid groups (broad SMARTS) is 1. The number of ketones is 1. The van der Waals surface area contributed by atoms with Gasteiger partial charge in [-0.1, -0.05) is 0 Å². The van der Waals surface area contributed by atoms with Gasteiger partial charge in [0.15, 0.2) is 0 Å². The number of halogens is 3. The second kappa shape index (κ2) is 5.47. The highest BCUT2D eigenvalue weighted by atomic mass is 19.4. The third kappa shape index (κ3) is 2.83. The Balaban J connectivity index is 2.25. The molecule has 1 aromatic rings. The quantitative estimate of drug-likeness (QED) is 0.648. The van der Waals surface area contributed by atoms with Crippen molar-refractivity contribution in [1.82, 2.24) is 9.88 Å². The standard InChI is InChI=1S/C13H13F3N2O4/c1-6(13(14,15)16)17-11(20)10(19)9-5-7(12(21)22)8-3-2-4-18(8)9/h5-6H,2-4H2,1H3,(H,17,20)(H,21,22). The number of nitrogens with one attached hydrogen (secondary N) is 1. The molecule has 9 heteroatoms. The lowest BCUT2D eigenvalue weighted by molar-refractivity contribution is -0.156. The Bertz CT molecular complexity index is 648. The lowest BCUT2D eigenvalue weighted by Gasteiger charge is -2.16. The summed E-state index contributed by atoms with van der Waals surface area (Å²) >= 11 is 0. The zero-order valence-corrected chi connectivity index (χ0v) is 11.5. The molecule has 2 heterocycles. The summed E-state index contributed by atoms with van der Waals surface area (Å²) in [7, 11) is 0. The number of carboxylic acids is 1. The molecule has 0 aliphatic carbocycles. The fourth-order valence-electron chi connectivity index (χ4n) is 2.35. The van der Waals surface area contributed by atoms with Crippen molar-refractivity contribution in [3.63, 3.8) is 0 Å². The van der Waals surface area contributed by atoms with Gasteiger partial charge in [-0.15, -0.1) is 0 Å². The van der Waals surface area contributed by atoms with Gasteiger partial charge in [0, 0.05) is 12.2 Å². The first-order valence-electron chi connectivity index (χ1n) is 6.50. The number of carbonyl (C=O) groups excluding carboxylic acids is 2. The minimum atomic E-state index is -4.66. The summed E-state index contributed by atoms with van der Waals surface area (Å²) in [6.45, 7) is 1.07. The Kier molecular flexibility index (Phi) is 3.99. The van der Waals surface area contributed by atoms with Crippen LogP contribution in [0, 0.1) is 0 Å². The zero-order valence-electron chi connectivity index (χ0n) is 11.5. The van der Waals surface area contributed by atoms with Crippen LogP contribution < -0.4 is 5.32 Å². The van der Waals surface area contributed by atoms with Crippen LogP contribution in [-0.4, -0.2) is 39.6 Å². The molecule has 6 nitrogen and oxygen atoms in total. The minimum Gasteiger partial charge on any atom is -0.478 e. The van der Waals surface area contributed by atoms with Crippen molar-refractivity contribution in [1.29, 1.82) is 0 Å². The van der Waals surface area contributed by atoms with Crippen LogP contribution in [-0.2, 0) is 17.8 Å². The molecular weight excluding hydrogens is 305 g/mol. The minimum absolute atomic E-state index is 0.0995. The average molecular weight is 318 g/mol. The Morgan fingerprint density at radius 1 is 1.36 bits per heavy atom. The molecule has 1 amide bonds. The van der Waals surface area contributed by atoms with Gasteiger partial charge in [0.1, 0.15) is 6.04 Å². The van der Waals surface area contributed by atoms with E-state index in [1.807, 2.05) is 0 Å². The van der Waals surface area contributed by atoms with Crippen molar-refractivity contribution < 1.29 is 32.7 Å². The summed E-state index contributed by atoms with van der Waals surface area (Å²) in [5.41, 5.74) is 0.113. The molecule has 22 heavy (non-hydrogen) atoms. The van der Waals surface area contributed by atoms with E-state index in [0.29, 0.717) is 25.1 Å². The maximum Gasteiger partial charge on any atom is 0.408 e. The maximum atomic E-state index is 12.4. The number of hydrogen-bond donors (Lipinski definition) is 2. The third-order valence-electron chi connectivity index (χ3n) is 3.51. The smallest absolute Gasteiger partial charge is 0.408 e. The van der Waals surface area contributed by atoms with E-state index in [4.69, 9.17) is 5.11 Å². The molecule has 0 spiro atoms. The van der Waals surface area contributed by atoms with E-state index in [-0.39, 0.29) is 11.3 Å². The molecule has 1 unspecified atom stereocenters. The van der Waals surface area contributed by atoms with Crippen molar-refractivity contribution in [3.8, 4) is 0 Å². The first-order chi connectivity index (χ1) is 10.1. The van der Waals surface area contributed by atoms with Crippen molar-refractivity contribution in [2.75, 3.05) is 0 Å². The van der Waals surface area contributed by atoms with Crippen LogP contribution in [0.15, 0.2) is 6.07 Å². The van der Waals surface area contributed by atoms with Crippen molar-refractivity contribution in [2.45, 2.75) is 38.5 Å².